The first kappa shape index (κ1) is 12.1. The standard InChI is InChI=1S/C7H8N3O3PS/c8-7-9-5(11)3-6(10-7)15-2-1-13-4-14-12/h3H,1-2H2,(H3,8,9,10,11). The van der Waals surface area contributed by atoms with Crippen LogP contribution in [-0.4, -0.2) is 22.3 Å². The fourth-order valence-electron chi connectivity index (χ4n) is 0.787. The molecular weight excluding hydrogens is 237 g/mol. The van der Waals surface area contributed by atoms with Crippen molar-refractivity contribution in [2.24, 2.45) is 0 Å². The topological polar surface area (TPSA) is 98.1 Å². The van der Waals surface area contributed by atoms with Crippen LogP contribution in [0.25, 0.3) is 0 Å². The van der Waals surface area contributed by atoms with Crippen molar-refractivity contribution in [3.63, 3.8) is 0 Å². The van der Waals surface area contributed by atoms with Crippen LogP contribution in [0, 0.1) is 5.81 Å². The van der Waals surface area contributed by atoms with Crippen LogP contribution in [0.1, 0.15) is 0 Å². The van der Waals surface area contributed by atoms with Crippen LogP contribution >= 0.6 is 19.7 Å². The number of nitrogens with zero attached hydrogens (tertiary/aromatic N) is 1. The molecule has 1 aromatic rings. The molecular formula is C7H8N3O3PS. The number of ether oxygens (including phenoxy) is 1. The van der Waals surface area contributed by atoms with E-state index in [4.69, 9.17) is 10.5 Å². The second-order valence-electron chi connectivity index (χ2n) is 2.35. The second-order valence-corrected chi connectivity index (χ2v) is 3.83. The van der Waals surface area contributed by atoms with E-state index < -0.39 is 0 Å². The Bertz CT molecular complexity index is 483. The molecule has 0 saturated carbocycles. The number of nitrogen functional groups attached to an aromatic ring is 1. The van der Waals surface area contributed by atoms with Crippen molar-refractivity contribution in [2.75, 3.05) is 18.1 Å². The summed E-state index contributed by atoms with van der Waals surface area (Å²) in [6, 6.07) is 1.35. The summed E-state index contributed by atoms with van der Waals surface area (Å²) in [5.41, 5.74) is 5.06. The number of nitrogens with one attached hydrogen (secondary N) is 1. The zero-order valence-corrected chi connectivity index (χ0v) is 9.31. The molecule has 8 heteroatoms. The molecule has 80 valence electrons. The monoisotopic (exact) mass is 245 g/mol. The van der Waals surface area contributed by atoms with E-state index in [1.807, 2.05) is 0 Å². The van der Waals surface area contributed by atoms with E-state index in [9.17, 15) is 9.36 Å². The number of anilines is 1. The number of H-pyrrole nitrogens is 1. The molecule has 1 aromatic heterocycles. The number of hydrogen-bond acceptors (Lipinski definition) is 6. The maximum atomic E-state index is 11.0. The third-order valence-corrected chi connectivity index (χ3v) is 2.35. The van der Waals surface area contributed by atoms with E-state index in [1.165, 1.54) is 17.8 Å². The summed E-state index contributed by atoms with van der Waals surface area (Å²) < 4.78 is 14.6. The third-order valence-electron chi connectivity index (χ3n) is 1.27. The summed E-state index contributed by atoms with van der Waals surface area (Å²) in [6.45, 7) is 0.342. The van der Waals surface area contributed by atoms with Gasteiger partial charge in [-0.1, -0.05) is 0 Å². The van der Waals surface area contributed by atoms with Crippen molar-refractivity contribution < 1.29 is 9.30 Å². The molecule has 0 aliphatic carbocycles. The predicted molar refractivity (Wildman–Crippen MR) is 57.4 cm³/mol. The van der Waals surface area contributed by atoms with Crippen LogP contribution in [0.3, 0.4) is 0 Å². The first-order chi connectivity index (χ1) is 7.22. The Morgan fingerprint density at radius 1 is 1.73 bits per heavy atom. The molecule has 1 heterocycles. The molecule has 0 aliphatic heterocycles. The quantitative estimate of drug-likeness (QED) is 0.350. The summed E-state index contributed by atoms with van der Waals surface area (Å²) in [4.78, 5) is 17.2. The Kier molecular flexibility index (Phi) is 5.21. The Balaban J connectivity index is 2.46. The minimum atomic E-state index is -0.290. The summed E-state index contributed by atoms with van der Waals surface area (Å²) in [5.74, 6) is 2.80. The Morgan fingerprint density at radius 3 is 3.20 bits per heavy atom. The van der Waals surface area contributed by atoms with Gasteiger partial charge >= 0.3 is 90.2 Å². The normalized spacial score (nSPS) is 9.60. The second kappa shape index (κ2) is 6.48. The number of aromatic nitrogens is 2. The van der Waals surface area contributed by atoms with Gasteiger partial charge in [0.15, 0.2) is 0 Å². The van der Waals surface area contributed by atoms with E-state index in [0.717, 1.165) is 0 Å². The van der Waals surface area contributed by atoms with Crippen molar-refractivity contribution in [3.05, 3.63) is 16.4 Å². The Labute approximate surface area is 90.7 Å². The molecule has 0 amide bonds. The summed E-state index contributed by atoms with van der Waals surface area (Å²) in [7, 11) is -0.280. The van der Waals surface area contributed by atoms with Gasteiger partial charge in [-0.2, -0.15) is 0 Å². The van der Waals surface area contributed by atoms with E-state index in [1.54, 1.807) is 0 Å². The molecule has 1 rings (SSSR count). The van der Waals surface area contributed by atoms with Gasteiger partial charge in [-0.25, -0.2) is 0 Å². The fourth-order valence-corrected chi connectivity index (χ4v) is 1.66. The fraction of sp³-hybridized carbons (Fsp3) is 0.286. The molecule has 3 N–H and O–H groups in total. The van der Waals surface area contributed by atoms with Gasteiger partial charge in [0.2, 0.25) is 0 Å². The first-order valence-electron chi connectivity index (χ1n) is 3.91. The molecule has 0 spiro atoms. The molecule has 0 radical (unpaired) electrons. The zero-order valence-electron chi connectivity index (χ0n) is 7.60. The summed E-state index contributed by atoms with van der Waals surface area (Å²) in [6.07, 6.45) is 0. The van der Waals surface area contributed by atoms with Crippen LogP contribution in [0.5, 0.6) is 0 Å². The Hall–Kier alpha value is -1.00. The average molecular weight is 245 g/mol. The number of thioether (sulfide) groups is 1. The van der Waals surface area contributed by atoms with Crippen molar-refractivity contribution in [1.29, 1.82) is 0 Å². The average Bonchev–Trinajstić information content (AvgIpc) is 2.16. The van der Waals surface area contributed by atoms with Gasteiger partial charge < -0.3 is 0 Å². The van der Waals surface area contributed by atoms with Crippen molar-refractivity contribution in [3.8, 4) is 5.81 Å². The molecule has 0 aliphatic rings. The number of aromatic amines is 1. The third kappa shape index (κ3) is 4.85. The van der Waals surface area contributed by atoms with Crippen LogP contribution in [-0.2, 0) is 9.30 Å². The van der Waals surface area contributed by atoms with Gasteiger partial charge in [0.25, 0.3) is 0 Å². The SMILES string of the molecule is Nc1nc(SCCOC#P=O)cc(=O)[nH]1. The summed E-state index contributed by atoms with van der Waals surface area (Å²) in [5, 5.41) is 0.527. The molecule has 0 saturated heterocycles. The van der Waals surface area contributed by atoms with Crippen LogP contribution in [0.15, 0.2) is 15.9 Å². The van der Waals surface area contributed by atoms with E-state index in [-0.39, 0.29) is 19.4 Å². The molecule has 0 bridgehead atoms. The van der Waals surface area contributed by atoms with Gasteiger partial charge in [0.1, 0.15) is 0 Å². The van der Waals surface area contributed by atoms with Crippen molar-refractivity contribution in [1.82, 2.24) is 9.97 Å². The van der Waals surface area contributed by atoms with Gasteiger partial charge in [-0.05, 0) is 0 Å². The number of hydrogen-bond donors (Lipinski definition) is 2. The van der Waals surface area contributed by atoms with Crippen molar-refractivity contribution >= 4 is 25.6 Å². The van der Waals surface area contributed by atoms with Crippen LogP contribution < -0.4 is 11.3 Å². The molecule has 6 nitrogen and oxygen atoms in total. The van der Waals surface area contributed by atoms with Crippen molar-refractivity contribution in [2.45, 2.75) is 5.03 Å². The van der Waals surface area contributed by atoms with Crippen LogP contribution in [0.2, 0.25) is 0 Å². The molecule has 0 atom stereocenters. The number of nitrogens with two attached hydrogens (primary N) is 1. The first-order valence-corrected chi connectivity index (χ1v) is 5.71. The van der Waals surface area contributed by atoms with Gasteiger partial charge in [-0.3, -0.25) is 0 Å². The van der Waals surface area contributed by atoms with Crippen LogP contribution in [0.4, 0.5) is 5.95 Å². The molecule has 0 fully saturated rings. The molecule has 0 unspecified atom stereocenters. The van der Waals surface area contributed by atoms with Gasteiger partial charge in [0.05, 0.1) is 0 Å². The number of rotatable bonds is 4. The summed E-state index contributed by atoms with van der Waals surface area (Å²) >= 11 is 1.32. The zero-order chi connectivity index (χ0) is 11.1. The minimum absolute atomic E-state index is 0.0853. The molecule has 15 heavy (non-hydrogen) atoms. The van der Waals surface area contributed by atoms with E-state index >= 15 is 0 Å². The Morgan fingerprint density at radius 2 is 2.53 bits per heavy atom. The van der Waals surface area contributed by atoms with Gasteiger partial charge in [0, 0.05) is 0 Å². The predicted octanol–water partition coefficient (Wildman–Crippen LogP) is 0.669. The maximum absolute atomic E-state index is 11.0. The molecule has 0 aromatic carbocycles. The van der Waals surface area contributed by atoms with E-state index in [0.29, 0.717) is 17.4 Å². The van der Waals surface area contributed by atoms with Gasteiger partial charge in [-0.15, -0.1) is 0 Å². The van der Waals surface area contributed by atoms with E-state index in [2.05, 4.69) is 15.8 Å².